The number of nitrogens with zero attached hydrogens (tertiary/aromatic N) is 1. The molecule has 0 fully saturated rings. The summed E-state index contributed by atoms with van der Waals surface area (Å²) in [6.07, 6.45) is 0.412. The topological polar surface area (TPSA) is 88.7 Å². The molecule has 158 valence electrons. The summed E-state index contributed by atoms with van der Waals surface area (Å²) >= 11 is 0. The average molecular weight is 514 g/mol. The Morgan fingerprint density at radius 3 is 2.45 bits per heavy atom. The van der Waals surface area contributed by atoms with E-state index < -0.39 is 11.8 Å². The summed E-state index contributed by atoms with van der Waals surface area (Å²) in [6, 6.07) is 15.6. The summed E-state index contributed by atoms with van der Waals surface area (Å²) in [7, 11) is 0. The van der Waals surface area contributed by atoms with Crippen LogP contribution in [0.25, 0.3) is 0 Å². The van der Waals surface area contributed by atoms with E-state index in [4.69, 9.17) is 10.5 Å². The minimum atomic E-state index is -0.471. The highest BCUT2D eigenvalue weighted by Gasteiger charge is 2.16. The number of hydrogen-bond acceptors (Lipinski definition) is 3. The number of guanidine groups is 1. The maximum atomic E-state index is 13.0. The number of amides is 1. The molecular weight excluding hydrogens is 486 g/mol. The molecule has 0 radical (unpaired) electrons. The minimum Gasteiger partial charge on any atom is -0.492 e. The van der Waals surface area contributed by atoms with E-state index in [2.05, 4.69) is 15.6 Å². The van der Waals surface area contributed by atoms with E-state index in [1.165, 1.54) is 12.1 Å². The third kappa shape index (κ3) is 9.60. The van der Waals surface area contributed by atoms with Gasteiger partial charge < -0.3 is 21.1 Å². The number of aliphatic imine (C=N–C) groups is 1. The number of nitrogens with two attached hydrogens (primary N) is 1. The van der Waals surface area contributed by atoms with Crippen LogP contribution in [0.3, 0.4) is 0 Å². The Bertz CT molecular complexity index is 757. The fourth-order valence-corrected chi connectivity index (χ4v) is 2.56. The van der Waals surface area contributed by atoms with Crippen molar-refractivity contribution in [2.24, 2.45) is 16.6 Å². The molecule has 0 aliphatic heterocycles. The van der Waals surface area contributed by atoms with Crippen LogP contribution in [0.2, 0.25) is 0 Å². The number of hydrogen-bond donors (Lipinski definition) is 3. The second-order valence-corrected chi connectivity index (χ2v) is 6.24. The molecule has 4 N–H and O–H groups in total. The van der Waals surface area contributed by atoms with Crippen molar-refractivity contribution >= 4 is 35.8 Å². The molecule has 0 bridgehead atoms. The van der Waals surface area contributed by atoms with Gasteiger partial charge in [-0.1, -0.05) is 30.3 Å². The van der Waals surface area contributed by atoms with Gasteiger partial charge in [0, 0.05) is 6.54 Å². The molecule has 0 saturated heterocycles. The number of nitrogens with one attached hydrogen (secondary N) is 2. The highest BCUT2D eigenvalue weighted by molar-refractivity contribution is 14.0. The van der Waals surface area contributed by atoms with Crippen LogP contribution in [0.1, 0.15) is 12.5 Å². The van der Waals surface area contributed by atoms with Crippen molar-refractivity contribution in [3.63, 3.8) is 0 Å². The van der Waals surface area contributed by atoms with E-state index in [1.807, 2.05) is 37.3 Å². The lowest BCUT2D eigenvalue weighted by atomic mass is 9.99. The van der Waals surface area contributed by atoms with E-state index in [0.29, 0.717) is 32.1 Å². The van der Waals surface area contributed by atoms with Gasteiger partial charge >= 0.3 is 0 Å². The van der Waals surface area contributed by atoms with E-state index in [0.717, 1.165) is 11.3 Å². The predicted molar refractivity (Wildman–Crippen MR) is 124 cm³/mol. The van der Waals surface area contributed by atoms with Gasteiger partial charge in [-0.2, -0.15) is 0 Å². The zero-order chi connectivity index (χ0) is 20.2. The van der Waals surface area contributed by atoms with Gasteiger partial charge in [0.05, 0.1) is 19.0 Å². The third-order valence-electron chi connectivity index (χ3n) is 4.02. The minimum absolute atomic E-state index is 0. The molecule has 0 heterocycles. The molecule has 1 unspecified atom stereocenters. The monoisotopic (exact) mass is 514 g/mol. The molecule has 0 saturated carbocycles. The predicted octanol–water partition coefficient (Wildman–Crippen LogP) is 2.72. The van der Waals surface area contributed by atoms with E-state index in [1.54, 1.807) is 12.1 Å². The number of benzene rings is 2. The lowest BCUT2D eigenvalue weighted by Gasteiger charge is -2.15. The third-order valence-corrected chi connectivity index (χ3v) is 4.02. The fourth-order valence-electron chi connectivity index (χ4n) is 2.56. The molecule has 1 atom stereocenters. The Morgan fingerprint density at radius 1 is 1.14 bits per heavy atom. The lowest BCUT2D eigenvalue weighted by Crippen LogP contribution is -2.40. The quantitative estimate of drug-likeness (QED) is 0.197. The van der Waals surface area contributed by atoms with E-state index in [-0.39, 0.29) is 36.3 Å². The van der Waals surface area contributed by atoms with Gasteiger partial charge in [0.2, 0.25) is 5.91 Å². The van der Waals surface area contributed by atoms with Crippen LogP contribution in [-0.2, 0) is 11.2 Å². The number of halogens is 2. The number of ether oxygens (including phenoxy) is 1. The first-order valence-electron chi connectivity index (χ1n) is 9.32. The first-order valence-corrected chi connectivity index (χ1v) is 9.32. The van der Waals surface area contributed by atoms with Gasteiger partial charge in [0.1, 0.15) is 18.2 Å². The number of rotatable bonds is 10. The van der Waals surface area contributed by atoms with E-state index in [9.17, 15) is 9.18 Å². The van der Waals surface area contributed by atoms with Crippen LogP contribution < -0.4 is 21.1 Å². The number of carbonyl (C=O) groups excluding carboxylic acids is 1. The SMILES string of the molecule is CCNC(=NCC(Cc1ccc(F)cc1)C(N)=O)NCCOc1ccccc1.I. The lowest BCUT2D eigenvalue weighted by molar-refractivity contribution is -0.121. The van der Waals surface area contributed by atoms with Gasteiger partial charge in [-0.15, -0.1) is 24.0 Å². The molecule has 2 aromatic rings. The van der Waals surface area contributed by atoms with Gasteiger partial charge in [-0.25, -0.2) is 4.39 Å². The summed E-state index contributed by atoms with van der Waals surface area (Å²) < 4.78 is 18.7. The van der Waals surface area contributed by atoms with Crippen molar-refractivity contribution in [2.75, 3.05) is 26.2 Å². The van der Waals surface area contributed by atoms with Crippen molar-refractivity contribution in [3.8, 4) is 5.75 Å². The van der Waals surface area contributed by atoms with Gasteiger partial charge in [-0.3, -0.25) is 9.79 Å². The number of para-hydroxylation sites is 1. The van der Waals surface area contributed by atoms with E-state index >= 15 is 0 Å². The van der Waals surface area contributed by atoms with Crippen molar-refractivity contribution in [1.82, 2.24) is 10.6 Å². The molecular formula is C21H28FIN4O2. The Kier molecular flexibility index (Phi) is 11.7. The zero-order valence-corrected chi connectivity index (χ0v) is 18.8. The van der Waals surface area contributed by atoms with Gasteiger partial charge in [-0.05, 0) is 43.2 Å². The molecule has 0 aliphatic rings. The average Bonchev–Trinajstić information content (AvgIpc) is 2.70. The van der Waals surface area contributed by atoms with Crippen LogP contribution >= 0.6 is 24.0 Å². The smallest absolute Gasteiger partial charge is 0.222 e. The second-order valence-electron chi connectivity index (χ2n) is 6.24. The van der Waals surface area contributed by atoms with Crippen LogP contribution in [0.4, 0.5) is 4.39 Å². The highest BCUT2D eigenvalue weighted by Crippen LogP contribution is 2.11. The molecule has 29 heavy (non-hydrogen) atoms. The van der Waals surface area contributed by atoms with Crippen molar-refractivity contribution < 1.29 is 13.9 Å². The van der Waals surface area contributed by atoms with Crippen LogP contribution in [-0.4, -0.2) is 38.1 Å². The van der Waals surface area contributed by atoms with Crippen LogP contribution in [0, 0.1) is 11.7 Å². The van der Waals surface area contributed by atoms with Gasteiger partial charge in [0.25, 0.3) is 0 Å². The Balaban J connectivity index is 0.00000420. The maximum Gasteiger partial charge on any atom is 0.222 e. The van der Waals surface area contributed by atoms with Crippen LogP contribution in [0.15, 0.2) is 59.6 Å². The standard InChI is InChI=1S/C21H27FN4O2.HI/c1-2-24-21(25-12-13-28-19-6-4-3-5-7-19)26-15-17(20(23)27)14-16-8-10-18(22)11-9-16;/h3-11,17H,2,12-15H2,1H3,(H2,23,27)(H2,24,25,26);1H. The number of carbonyl (C=O) groups is 1. The van der Waals surface area contributed by atoms with Crippen LogP contribution in [0.5, 0.6) is 5.75 Å². The van der Waals surface area contributed by atoms with Gasteiger partial charge in [0.15, 0.2) is 5.96 Å². The Morgan fingerprint density at radius 2 is 1.83 bits per heavy atom. The molecule has 0 aromatic heterocycles. The molecule has 8 heteroatoms. The second kappa shape index (κ2) is 13.8. The number of primary amides is 1. The highest BCUT2D eigenvalue weighted by atomic mass is 127. The fraction of sp³-hybridized carbons (Fsp3) is 0.333. The first kappa shape index (κ1) is 24.7. The molecule has 0 aliphatic carbocycles. The Labute approximate surface area is 188 Å². The first-order chi connectivity index (χ1) is 13.6. The summed E-state index contributed by atoms with van der Waals surface area (Å²) in [5, 5.41) is 6.30. The van der Waals surface area contributed by atoms with Crippen molar-refractivity contribution in [1.29, 1.82) is 0 Å². The summed E-state index contributed by atoms with van der Waals surface area (Å²) in [6.45, 7) is 3.91. The molecule has 1 amide bonds. The largest absolute Gasteiger partial charge is 0.492 e. The molecule has 2 rings (SSSR count). The normalized spacial score (nSPS) is 11.9. The molecule has 2 aromatic carbocycles. The Hall–Kier alpha value is -2.36. The molecule has 0 spiro atoms. The summed E-state index contributed by atoms with van der Waals surface area (Å²) in [5.74, 6) is 0.176. The maximum absolute atomic E-state index is 13.0. The summed E-state index contributed by atoms with van der Waals surface area (Å²) in [4.78, 5) is 16.2. The summed E-state index contributed by atoms with van der Waals surface area (Å²) in [5.41, 5.74) is 6.36. The van der Waals surface area contributed by atoms with Crippen molar-refractivity contribution in [3.05, 3.63) is 66.0 Å². The zero-order valence-electron chi connectivity index (χ0n) is 16.4. The van der Waals surface area contributed by atoms with Crippen molar-refractivity contribution in [2.45, 2.75) is 13.3 Å². The molecule has 6 nitrogen and oxygen atoms in total.